The smallest absolute Gasteiger partial charge is 0.251 e. The minimum Gasteiger partial charge on any atom is -0.325 e. The quantitative estimate of drug-likeness (QED) is 0.754. The van der Waals surface area contributed by atoms with E-state index in [2.05, 4.69) is 32.7 Å². The second-order valence-corrected chi connectivity index (χ2v) is 7.70. The van der Waals surface area contributed by atoms with E-state index in [4.69, 9.17) is 0 Å². The van der Waals surface area contributed by atoms with Gasteiger partial charge >= 0.3 is 0 Å². The van der Waals surface area contributed by atoms with Gasteiger partial charge in [-0.3, -0.25) is 4.79 Å². The summed E-state index contributed by atoms with van der Waals surface area (Å²) < 4.78 is 40.2. The molecule has 0 aliphatic carbocycles. The topological polar surface area (TPSA) is 32.9 Å². The van der Waals surface area contributed by atoms with Crippen molar-refractivity contribution < 1.29 is 13.2 Å². The molecular formula is C20H24F3NO. The number of H-pyrrole nitrogens is 1. The van der Waals surface area contributed by atoms with Gasteiger partial charge in [0.1, 0.15) is 5.82 Å². The van der Waals surface area contributed by atoms with E-state index in [0.717, 1.165) is 23.7 Å². The number of aromatic amines is 1. The van der Waals surface area contributed by atoms with Gasteiger partial charge in [0.2, 0.25) is 0 Å². The molecule has 0 fully saturated rings. The van der Waals surface area contributed by atoms with Crippen LogP contribution in [0.3, 0.4) is 0 Å². The molecule has 0 saturated heterocycles. The Kier molecular flexibility index (Phi) is 5.45. The zero-order valence-electron chi connectivity index (χ0n) is 15.3. The molecule has 0 spiro atoms. The summed E-state index contributed by atoms with van der Waals surface area (Å²) in [7, 11) is 0. The zero-order chi connectivity index (χ0) is 18.9. The van der Waals surface area contributed by atoms with E-state index in [9.17, 15) is 18.0 Å². The predicted molar refractivity (Wildman–Crippen MR) is 93.4 cm³/mol. The first-order valence-electron chi connectivity index (χ1n) is 8.38. The van der Waals surface area contributed by atoms with Gasteiger partial charge in [-0.15, -0.1) is 0 Å². The summed E-state index contributed by atoms with van der Waals surface area (Å²) in [6.45, 7) is 10.3. The highest BCUT2D eigenvalue weighted by Gasteiger charge is 2.25. The maximum absolute atomic E-state index is 13.8. The van der Waals surface area contributed by atoms with Gasteiger partial charge in [-0.1, -0.05) is 27.7 Å². The van der Waals surface area contributed by atoms with Gasteiger partial charge in [0.05, 0.1) is 0 Å². The molecule has 1 heterocycles. The van der Waals surface area contributed by atoms with E-state index in [1.807, 2.05) is 6.92 Å². The van der Waals surface area contributed by atoms with Crippen LogP contribution in [0.4, 0.5) is 13.2 Å². The van der Waals surface area contributed by atoms with Gasteiger partial charge in [0, 0.05) is 29.2 Å². The third-order valence-corrected chi connectivity index (χ3v) is 4.38. The number of aromatic nitrogens is 1. The molecule has 2 nitrogen and oxygen atoms in total. The zero-order valence-corrected chi connectivity index (χ0v) is 15.3. The van der Waals surface area contributed by atoms with Crippen LogP contribution in [-0.4, -0.2) is 4.98 Å². The average Bonchev–Trinajstić information content (AvgIpc) is 2.46. The first-order chi connectivity index (χ1) is 11.5. The molecule has 0 unspecified atom stereocenters. The number of halogens is 3. The number of benzene rings is 1. The molecule has 0 radical (unpaired) electrons. The highest BCUT2D eigenvalue weighted by molar-refractivity contribution is 5.33. The molecule has 1 N–H and O–H groups in total. The van der Waals surface area contributed by atoms with Gasteiger partial charge in [-0.2, -0.15) is 0 Å². The molecule has 5 heteroatoms. The van der Waals surface area contributed by atoms with Crippen LogP contribution in [0.15, 0.2) is 23.0 Å². The number of rotatable bonds is 5. The van der Waals surface area contributed by atoms with Crippen molar-refractivity contribution in [3.05, 3.63) is 68.4 Å². The number of hydrogen-bond acceptors (Lipinski definition) is 1. The number of aryl methyl sites for hydroxylation is 1. The summed E-state index contributed by atoms with van der Waals surface area (Å²) >= 11 is 0. The van der Waals surface area contributed by atoms with Gasteiger partial charge in [-0.05, 0) is 42.5 Å². The van der Waals surface area contributed by atoms with E-state index in [-0.39, 0.29) is 23.0 Å². The third kappa shape index (κ3) is 4.33. The van der Waals surface area contributed by atoms with E-state index in [0.29, 0.717) is 17.5 Å². The Balaban J connectivity index is 2.41. The summed E-state index contributed by atoms with van der Waals surface area (Å²) in [5.41, 5.74) is 1.48. The molecular weight excluding hydrogens is 327 g/mol. The molecule has 0 atom stereocenters. The van der Waals surface area contributed by atoms with Crippen molar-refractivity contribution in [1.82, 2.24) is 4.98 Å². The maximum atomic E-state index is 13.8. The van der Waals surface area contributed by atoms with E-state index in [1.165, 1.54) is 0 Å². The van der Waals surface area contributed by atoms with Crippen molar-refractivity contribution in [3.63, 3.8) is 0 Å². The van der Waals surface area contributed by atoms with E-state index in [1.54, 1.807) is 6.07 Å². The fraction of sp³-hybridized carbons (Fsp3) is 0.450. The Morgan fingerprint density at radius 1 is 1.00 bits per heavy atom. The van der Waals surface area contributed by atoms with Crippen LogP contribution < -0.4 is 5.56 Å². The van der Waals surface area contributed by atoms with E-state index < -0.39 is 17.5 Å². The van der Waals surface area contributed by atoms with Crippen molar-refractivity contribution >= 4 is 0 Å². The molecule has 136 valence electrons. The standard InChI is InChI=1S/C20H24F3NO/c1-11(2)10-20(4,5)18-12(3)6-14(19(25)24-18)7-13-8-16(22)17(23)9-15(13)21/h6,8-9,11H,7,10H2,1-5H3,(H,24,25). The van der Waals surface area contributed by atoms with Crippen LogP contribution in [0.25, 0.3) is 0 Å². The van der Waals surface area contributed by atoms with Crippen molar-refractivity contribution in [2.75, 3.05) is 0 Å². The molecule has 25 heavy (non-hydrogen) atoms. The van der Waals surface area contributed by atoms with Crippen LogP contribution in [0, 0.1) is 30.3 Å². The Morgan fingerprint density at radius 2 is 1.60 bits per heavy atom. The molecule has 2 rings (SSSR count). The number of hydrogen-bond donors (Lipinski definition) is 1. The van der Waals surface area contributed by atoms with Crippen molar-refractivity contribution in [3.8, 4) is 0 Å². The van der Waals surface area contributed by atoms with Crippen molar-refractivity contribution in [1.29, 1.82) is 0 Å². The first-order valence-corrected chi connectivity index (χ1v) is 8.38. The average molecular weight is 351 g/mol. The Hall–Kier alpha value is -2.04. The lowest BCUT2D eigenvalue weighted by Gasteiger charge is -2.28. The molecule has 0 bridgehead atoms. The predicted octanol–water partition coefficient (Wildman–Crippen LogP) is 5.02. The van der Waals surface area contributed by atoms with Gasteiger partial charge in [0.15, 0.2) is 11.6 Å². The Labute approximate surface area is 146 Å². The van der Waals surface area contributed by atoms with Crippen LogP contribution in [0.2, 0.25) is 0 Å². The molecule has 0 amide bonds. The number of pyridine rings is 1. The Morgan fingerprint density at radius 3 is 2.20 bits per heavy atom. The largest absolute Gasteiger partial charge is 0.325 e. The van der Waals surface area contributed by atoms with Crippen LogP contribution in [0.1, 0.15) is 56.5 Å². The summed E-state index contributed by atoms with van der Waals surface area (Å²) in [4.78, 5) is 15.4. The van der Waals surface area contributed by atoms with Gasteiger partial charge < -0.3 is 4.98 Å². The minimum absolute atomic E-state index is 0.0435. The third-order valence-electron chi connectivity index (χ3n) is 4.38. The maximum Gasteiger partial charge on any atom is 0.251 e. The minimum atomic E-state index is -1.24. The summed E-state index contributed by atoms with van der Waals surface area (Å²) in [5, 5.41) is 0. The monoisotopic (exact) mass is 351 g/mol. The van der Waals surface area contributed by atoms with Crippen molar-refractivity contribution in [2.45, 2.75) is 52.9 Å². The normalized spacial score (nSPS) is 12.0. The summed E-state index contributed by atoms with van der Waals surface area (Å²) in [5.74, 6) is -2.76. The van der Waals surface area contributed by atoms with Gasteiger partial charge in [-0.25, -0.2) is 13.2 Å². The van der Waals surface area contributed by atoms with E-state index >= 15 is 0 Å². The van der Waals surface area contributed by atoms with Crippen molar-refractivity contribution in [2.24, 2.45) is 5.92 Å². The molecule has 1 aromatic heterocycles. The fourth-order valence-electron chi connectivity index (χ4n) is 3.55. The van der Waals surface area contributed by atoms with Gasteiger partial charge in [0.25, 0.3) is 5.56 Å². The lowest BCUT2D eigenvalue weighted by atomic mass is 9.79. The fourth-order valence-corrected chi connectivity index (χ4v) is 3.55. The highest BCUT2D eigenvalue weighted by Crippen LogP contribution is 2.31. The summed E-state index contributed by atoms with van der Waals surface area (Å²) in [6, 6.07) is 3.01. The second-order valence-electron chi connectivity index (χ2n) is 7.70. The molecule has 1 aromatic carbocycles. The van der Waals surface area contributed by atoms with Crippen LogP contribution in [0.5, 0.6) is 0 Å². The second kappa shape index (κ2) is 7.06. The molecule has 0 aliphatic rings. The number of nitrogens with one attached hydrogen (secondary N) is 1. The summed E-state index contributed by atoms with van der Waals surface area (Å²) in [6.07, 6.45) is 0.811. The van der Waals surface area contributed by atoms with Crippen LogP contribution >= 0.6 is 0 Å². The van der Waals surface area contributed by atoms with Crippen LogP contribution in [-0.2, 0) is 11.8 Å². The molecule has 0 saturated carbocycles. The highest BCUT2D eigenvalue weighted by atomic mass is 19.2. The Bertz CT molecular complexity index is 838. The molecule has 2 aromatic rings. The lowest BCUT2D eigenvalue weighted by Crippen LogP contribution is -2.27. The lowest BCUT2D eigenvalue weighted by molar-refractivity contribution is 0.388. The first kappa shape index (κ1) is 19.3. The SMILES string of the molecule is Cc1cc(Cc2cc(F)c(F)cc2F)c(=O)[nH]c1C(C)(C)CC(C)C. The molecule has 0 aliphatic heterocycles.